The van der Waals surface area contributed by atoms with Crippen molar-refractivity contribution in [1.82, 2.24) is 5.32 Å². The molecule has 1 atom stereocenters. The number of allylic oxidation sites excluding steroid dienone is 3. The third-order valence-corrected chi connectivity index (χ3v) is 5.39. The Bertz CT molecular complexity index is 1010. The molecule has 142 valence electrons. The molecule has 2 aromatic rings. The Kier molecular flexibility index (Phi) is 5.81. The number of furan rings is 1. The number of nitrogens with zero attached hydrogens (tertiary/aromatic N) is 1. The highest BCUT2D eigenvalue weighted by molar-refractivity contribution is 8.03. The summed E-state index contributed by atoms with van der Waals surface area (Å²) in [5.41, 5.74) is 1.79. The smallest absolute Gasteiger partial charge is 0.173 e. The van der Waals surface area contributed by atoms with E-state index in [9.17, 15) is 19.2 Å². The number of dihydropyridines is 1. The number of ketones is 2. The second-order valence-corrected chi connectivity index (χ2v) is 7.23. The van der Waals surface area contributed by atoms with Crippen molar-refractivity contribution in [1.29, 1.82) is 5.26 Å². The second kappa shape index (κ2) is 8.28. The van der Waals surface area contributed by atoms with Crippen LogP contribution in [0.25, 0.3) is 0 Å². The van der Waals surface area contributed by atoms with Gasteiger partial charge in [-0.05, 0) is 50.2 Å². The molecule has 0 aliphatic carbocycles. The van der Waals surface area contributed by atoms with E-state index in [1.165, 1.54) is 49.2 Å². The Balaban J connectivity index is 1.90. The normalized spacial score (nSPS) is 16.6. The fraction of sp³-hybridized carbons (Fsp3) is 0.190. The van der Waals surface area contributed by atoms with Crippen molar-refractivity contribution in [3.05, 3.63) is 81.7 Å². The summed E-state index contributed by atoms with van der Waals surface area (Å²) >= 11 is 1.17. The first-order valence-corrected chi connectivity index (χ1v) is 9.49. The highest BCUT2D eigenvalue weighted by atomic mass is 32.2. The van der Waals surface area contributed by atoms with Gasteiger partial charge in [-0.3, -0.25) is 9.59 Å². The zero-order valence-corrected chi connectivity index (χ0v) is 16.1. The quantitative estimate of drug-likeness (QED) is 0.732. The van der Waals surface area contributed by atoms with Crippen LogP contribution in [-0.4, -0.2) is 17.3 Å². The minimum atomic E-state index is -0.623. The zero-order valence-electron chi connectivity index (χ0n) is 15.3. The topological polar surface area (TPSA) is 83.1 Å². The largest absolute Gasteiger partial charge is 0.468 e. The number of Topliss-reactive ketones (excluding diaryl/α,β-unsaturated/α-hetero) is 2. The van der Waals surface area contributed by atoms with Crippen molar-refractivity contribution < 1.29 is 18.4 Å². The molecular formula is C21H17FN2O3S. The number of halogens is 1. The molecular weight excluding hydrogens is 379 g/mol. The van der Waals surface area contributed by atoms with Crippen LogP contribution in [-0.2, 0) is 4.79 Å². The average molecular weight is 396 g/mol. The van der Waals surface area contributed by atoms with Crippen LogP contribution in [0.5, 0.6) is 0 Å². The van der Waals surface area contributed by atoms with Crippen molar-refractivity contribution in [3.8, 4) is 6.07 Å². The molecule has 2 heterocycles. The van der Waals surface area contributed by atoms with Crippen molar-refractivity contribution in [2.45, 2.75) is 19.8 Å². The van der Waals surface area contributed by atoms with Gasteiger partial charge in [0.25, 0.3) is 0 Å². The SMILES string of the molecule is CC(=O)C1=C(C)NC(SCC(=O)c2ccc(F)cc2)=C(C#N)[C@@H]1c1ccco1. The lowest BCUT2D eigenvalue weighted by Crippen LogP contribution is -2.27. The van der Waals surface area contributed by atoms with E-state index in [0.29, 0.717) is 33.2 Å². The number of hydrogen-bond donors (Lipinski definition) is 1. The number of carbonyl (C=O) groups excluding carboxylic acids is 2. The molecule has 1 aromatic heterocycles. The number of nitrogens with one attached hydrogen (secondary N) is 1. The Hall–Kier alpha value is -3.11. The van der Waals surface area contributed by atoms with Crippen LogP contribution in [0.4, 0.5) is 4.39 Å². The van der Waals surface area contributed by atoms with Gasteiger partial charge < -0.3 is 9.73 Å². The summed E-state index contributed by atoms with van der Waals surface area (Å²) in [6.45, 7) is 3.20. The van der Waals surface area contributed by atoms with Crippen molar-refractivity contribution in [2.75, 3.05) is 5.75 Å². The molecule has 0 amide bonds. The van der Waals surface area contributed by atoms with Crippen LogP contribution in [0.2, 0.25) is 0 Å². The first-order chi connectivity index (χ1) is 13.4. The molecule has 1 aliphatic heterocycles. The number of benzene rings is 1. The highest BCUT2D eigenvalue weighted by Gasteiger charge is 2.34. The second-order valence-electron chi connectivity index (χ2n) is 6.24. The van der Waals surface area contributed by atoms with E-state index in [1.807, 2.05) is 0 Å². The van der Waals surface area contributed by atoms with E-state index in [-0.39, 0.29) is 17.3 Å². The van der Waals surface area contributed by atoms with Gasteiger partial charge >= 0.3 is 0 Å². The predicted molar refractivity (Wildman–Crippen MR) is 104 cm³/mol. The molecule has 0 bridgehead atoms. The molecule has 1 aliphatic rings. The first-order valence-electron chi connectivity index (χ1n) is 8.50. The van der Waals surface area contributed by atoms with Crippen molar-refractivity contribution >= 4 is 23.3 Å². The Labute approximate surface area is 165 Å². The van der Waals surface area contributed by atoms with Gasteiger partial charge in [-0.1, -0.05) is 11.8 Å². The van der Waals surface area contributed by atoms with E-state index in [0.717, 1.165) is 0 Å². The first kappa shape index (κ1) is 19.6. The van der Waals surface area contributed by atoms with Crippen LogP contribution in [0, 0.1) is 17.1 Å². The van der Waals surface area contributed by atoms with Crippen LogP contribution in [0.1, 0.15) is 35.9 Å². The Morgan fingerprint density at radius 1 is 1.29 bits per heavy atom. The maximum absolute atomic E-state index is 13.0. The number of hydrogen-bond acceptors (Lipinski definition) is 6. The van der Waals surface area contributed by atoms with E-state index in [1.54, 1.807) is 19.1 Å². The maximum Gasteiger partial charge on any atom is 0.173 e. The van der Waals surface area contributed by atoms with E-state index >= 15 is 0 Å². The van der Waals surface area contributed by atoms with Gasteiger partial charge in [-0.15, -0.1) is 0 Å². The molecule has 7 heteroatoms. The summed E-state index contributed by atoms with van der Waals surface area (Å²) in [6.07, 6.45) is 1.49. The fourth-order valence-corrected chi connectivity index (χ4v) is 4.08. The van der Waals surface area contributed by atoms with Gasteiger partial charge in [-0.2, -0.15) is 5.26 Å². The monoisotopic (exact) mass is 396 g/mol. The Morgan fingerprint density at radius 2 is 2.00 bits per heavy atom. The van der Waals surface area contributed by atoms with Crippen LogP contribution in [0.3, 0.4) is 0 Å². The third-order valence-electron chi connectivity index (χ3n) is 4.37. The molecule has 0 saturated heterocycles. The lowest BCUT2D eigenvalue weighted by molar-refractivity contribution is -0.113. The van der Waals surface area contributed by atoms with E-state index < -0.39 is 11.7 Å². The van der Waals surface area contributed by atoms with Crippen LogP contribution < -0.4 is 5.32 Å². The summed E-state index contributed by atoms with van der Waals surface area (Å²) in [4.78, 5) is 24.6. The molecule has 1 N–H and O–H groups in total. The van der Waals surface area contributed by atoms with Gasteiger partial charge in [0.1, 0.15) is 11.6 Å². The van der Waals surface area contributed by atoms with Crippen LogP contribution >= 0.6 is 11.8 Å². The zero-order chi connectivity index (χ0) is 20.3. The molecule has 3 rings (SSSR count). The van der Waals surface area contributed by atoms with Gasteiger partial charge in [0.05, 0.1) is 34.6 Å². The highest BCUT2D eigenvalue weighted by Crippen LogP contribution is 2.41. The van der Waals surface area contributed by atoms with Crippen LogP contribution in [0.15, 0.2) is 69.0 Å². The Morgan fingerprint density at radius 3 is 2.57 bits per heavy atom. The molecule has 28 heavy (non-hydrogen) atoms. The summed E-state index contributed by atoms with van der Waals surface area (Å²) in [5.74, 6) is -0.831. The number of carbonyl (C=O) groups is 2. The summed E-state index contributed by atoms with van der Waals surface area (Å²) in [7, 11) is 0. The average Bonchev–Trinajstić information content (AvgIpc) is 3.20. The maximum atomic E-state index is 13.0. The third kappa shape index (κ3) is 3.92. The van der Waals surface area contributed by atoms with Gasteiger partial charge in [-0.25, -0.2) is 4.39 Å². The standard InChI is InChI=1S/C21H17FN2O3S/c1-12-19(13(2)25)20(18-4-3-9-27-18)16(10-23)21(24-12)28-11-17(26)14-5-7-15(22)8-6-14/h3-9,20,24H,11H2,1-2H3/t20-/m1/s1. The summed E-state index contributed by atoms with van der Waals surface area (Å²) < 4.78 is 18.5. The number of nitriles is 1. The molecule has 0 radical (unpaired) electrons. The lowest BCUT2D eigenvalue weighted by atomic mass is 9.84. The minimum Gasteiger partial charge on any atom is -0.468 e. The molecule has 0 saturated carbocycles. The lowest BCUT2D eigenvalue weighted by Gasteiger charge is -2.27. The van der Waals surface area contributed by atoms with E-state index in [4.69, 9.17) is 4.42 Å². The predicted octanol–water partition coefficient (Wildman–Crippen LogP) is 4.32. The molecule has 0 fully saturated rings. The fourth-order valence-electron chi connectivity index (χ4n) is 3.09. The molecule has 0 spiro atoms. The molecule has 5 nitrogen and oxygen atoms in total. The van der Waals surface area contributed by atoms with Crippen molar-refractivity contribution in [2.24, 2.45) is 0 Å². The van der Waals surface area contributed by atoms with Gasteiger partial charge in [0, 0.05) is 16.8 Å². The van der Waals surface area contributed by atoms with Gasteiger partial charge in [0.2, 0.25) is 0 Å². The number of thioether (sulfide) groups is 1. The van der Waals surface area contributed by atoms with E-state index in [2.05, 4.69) is 11.4 Å². The molecule has 1 aromatic carbocycles. The summed E-state index contributed by atoms with van der Waals surface area (Å²) in [5, 5.41) is 13.3. The number of rotatable bonds is 6. The minimum absolute atomic E-state index is 0.0622. The van der Waals surface area contributed by atoms with Gasteiger partial charge in [0.15, 0.2) is 11.6 Å². The summed E-state index contributed by atoms with van der Waals surface area (Å²) in [6, 6.07) is 10.9. The molecule has 0 unspecified atom stereocenters. The van der Waals surface area contributed by atoms with Crippen molar-refractivity contribution in [3.63, 3.8) is 0 Å².